The average Bonchev–Trinajstić information content (AvgIpc) is 2.94. The monoisotopic (exact) mass is 564 g/mol. The zero-order valence-corrected chi connectivity index (χ0v) is 20.0. The number of hydrogen-bond donors (Lipinski definition) is 2. The molecule has 4 aromatic rings. The number of anilines is 2. The highest BCUT2D eigenvalue weighted by molar-refractivity contribution is 5.74. The maximum atomic E-state index is 14.5. The molecule has 12 heteroatoms. The summed E-state index contributed by atoms with van der Waals surface area (Å²) in [5, 5.41) is 0. The molecule has 0 heterocycles. The lowest BCUT2D eigenvalue weighted by Crippen LogP contribution is -2.05. The Morgan fingerprint density at radius 3 is 1.07 bits per heavy atom. The Labute approximate surface area is 221 Å². The molecule has 4 rings (SSSR count). The fourth-order valence-electron chi connectivity index (χ4n) is 3.62. The summed E-state index contributed by atoms with van der Waals surface area (Å²) in [6.07, 6.45) is 1.18. The number of benzene rings is 4. The molecule has 0 spiro atoms. The molecule has 0 saturated heterocycles. The van der Waals surface area contributed by atoms with Crippen LogP contribution in [0.3, 0.4) is 0 Å². The van der Waals surface area contributed by atoms with Gasteiger partial charge < -0.3 is 20.9 Å². The predicted molar refractivity (Wildman–Crippen MR) is 134 cm³/mol. The third kappa shape index (κ3) is 4.68. The van der Waals surface area contributed by atoms with Gasteiger partial charge in [0.15, 0.2) is 34.8 Å². The Kier molecular flexibility index (Phi) is 7.45. The van der Waals surface area contributed by atoms with Gasteiger partial charge in [0.2, 0.25) is 34.8 Å². The molecule has 0 radical (unpaired) electrons. The molecule has 0 amide bonds. The van der Waals surface area contributed by atoms with E-state index in [0.29, 0.717) is 12.2 Å². The molecule has 0 fully saturated rings. The van der Waals surface area contributed by atoms with Crippen molar-refractivity contribution in [2.24, 2.45) is 0 Å². The SMILES string of the molecule is C=Cc1c(F)c(F)c(Oc2cc(-c3ccc(N)c(Oc4c(F)c(F)c(C=C)c(F)c4F)c3)ccc2N)c(F)c1F. The molecule has 4 nitrogen and oxygen atoms in total. The Morgan fingerprint density at radius 1 is 0.500 bits per heavy atom. The van der Waals surface area contributed by atoms with Crippen LogP contribution in [0.4, 0.5) is 46.5 Å². The van der Waals surface area contributed by atoms with E-state index in [1.165, 1.54) is 24.3 Å². The molecule has 0 atom stereocenters. The highest BCUT2D eigenvalue weighted by Crippen LogP contribution is 2.40. The van der Waals surface area contributed by atoms with Gasteiger partial charge in [0, 0.05) is 0 Å². The van der Waals surface area contributed by atoms with E-state index in [2.05, 4.69) is 13.2 Å². The van der Waals surface area contributed by atoms with Crippen LogP contribution in [0.5, 0.6) is 23.0 Å². The van der Waals surface area contributed by atoms with E-state index in [0.717, 1.165) is 12.1 Å². The molecule has 40 heavy (non-hydrogen) atoms. The molecule has 0 aliphatic carbocycles. The number of halogens is 8. The fourth-order valence-corrected chi connectivity index (χ4v) is 3.62. The van der Waals surface area contributed by atoms with Gasteiger partial charge in [-0.15, -0.1) is 0 Å². The smallest absolute Gasteiger partial charge is 0.205 e. The predicted octanol–water partition coefficient (Wildman–Crippen LogP) is 8.50. The maximum absolute atomic E-state index is 14.5. The lowest BCUT2D eigenvalue weighted by atomic mass is 10.0. The first-order chi connectivity index (χ1) is 18.9. The van der Waals surface area contributed by atoms with Gasteiger partial charge in [-0.05, 0) is 35.4 Å². The van der Waals surface area contributed by atoms with Gasteiger partial charge in [0.1, 0.15) is 0 Å². The van der Waals surface area contributed by atoms with Crippen LogP contribution in [0.15, 0.2) is 49.6 Å². The van der Waals surface area contributed by atoms with Crippen molar-refractivity contribution in [2.75, 3.05) is 11.5 Å². The Bertz CT molecular complexity index is 1520. The molecule has 0 aromatic heterocycles. The van der Waals surface area contributed by atoms with Gasteiger partial charge in [-0.1, -0.05) is 37.4 Å². The standard InChI is InChI=1S/C28H16F8N2O2/c1-3-13-19(29)23(33)27(24(34)20(13)30)39-17-9-11(5-7-15(17)37)12-6-8-16(38)18(10-12)40-28-25(35)21(31)14(4-2)22(32)26(28)36/h3-10H,1-2,37-38H2. The zero-order chi connectivity index (χ0) is 29.5. The minimum Gasteiger partial charge on any atom is -0.449 e. The summed E-state index contributed by atoms with van der Waals surface area (Å²) in [4.78, 5) is 0. The van der Waals surface area contributed by atoms with E-state index in [9.17, 15) is 35.1 Å². The molecule has 0 unspecified atom stereocenters. The molecule has 206 valence electrons. The third-order valence-electron chi connectivity index (χ3n) is 5.71. The fraction of sp³-hybridized carbons (Fsp3) is 0. The maximum Gasteiger partial charge on any atom is 0.205 e. The highest BCUT2D eigenvalue weighted by Gasteiger charge is 2.28. The lowest BCUT2D eigenvalue weighted by Gasteiger charge is -2.15. The summed E-state index contributed by atoms with van der Waals surface area (Å²) in [7, 11) is 0. The van der Waals surface area contributed by atoms with E-state index in [1.807, 2.05) is 0 Å². The minimum atomic E-state index is -1.84. The van der Waals surface area contributed by atoms with Gasteiger partial charge in [-0.2, -0.15) is 17.6 Å². The van der Waals surface area contributed by atoms with Crippen molar-refractivity contribution in [3.05, 3.63) is 107 Å². The van der Waals surface area contributed by atoms with Crippen LogP contribution < -0.4 is 20.9 Å². The number of rotatable bonds is 7. The summed E-state index contributed by atoms with van der Waals surface area (Å²) in [5.74, 6) is -18.0. The van der Waals surface area contributed by atoms with E-state index >= 15 is 0 Å². The summed E-state index contributed by atoms with van der Waals surface area (Å²) in [5.41, 5.74) is 9.52. The molecule has 0 aliphatic heterocycles. The first kappa shape index (κ1) is 28.0. The zero-order valence-electron chi connectivity index (χ0n) is 20.0. The lowest BCUT2D eigenvalue weighted by molar-refractivity contribution is 0.365. The van der Waals surface area contributed by atoms with Gasteiger partial charge in [0.25, 0.3) is 0 Å². The van der Waals surface area contributed by atoms with Crippen LogP contribution in [-0.4, -0.2) is 0 Å². The summed E-state index contributed by atoms with van der Waals surface area (Å²) in [6, 6.07) is 7.46. The third-order valence-corrected chi connectivity index (χ3v) is 5.71. The van der Waals surface area contributed by atoms with Crippen LogP contribution in [0.1, 0.15) is 11.1 Å². The first-order valence-corrected chi connectivity index (χ1v) is 11.0. The van der Waals surface area contributed by atoms with Crippen LogP contribution >= 0.6 is 0 Å². The minimum absolute atomic E-state index is 0.179. The second-order valence-electron chi connectivity index (χ2n) is 8.12. The second kappa shape index (κ2) is 10.6. The van der Waals surface area contributed by atoms with Crippen LogP contribution in [0.25, 0.3) is 23.3 Å². The van der Waals surface area contributed by atoms with Crippen molar-refractivity contribution < 1.29 is 44.6 Å². The Morgan fingerprint density at radius 2 is 0.800 bits per heavy atom. The molecule has 0 bridgehead atoms. The summed E-state index contributed by atoms with van der Waals surface area (Å²) < 4.78 is 125. The van der Waals surface area contributed by atoms with Gasteiger partial charge in [0.05, 0.1) is 22.5 Å². The number of nitrogens with two attached hydrogens (primary N) is 2. The van der Waals surface area contributed by atoms with Gasteiger partial charge in [-0.25, -0.2) is 17.6 Å². The van der Waals surface area contributed by atoms with Crippen LogP contribution in [0.2, 0.25) is 0 Å². The number of nitrogen functional groups attached to an aromatic ring is 2. The largest absolute Gasteiger partial charge is 0.449 e. The molecular formula is C28H16F8N2O2. The molecule has 0 aliphatic rings. The van der Waals surface area contributed by atoms with Gasteiger partial charge in [-0.3, -0.25) is 0 Å². The van der Waals surface area contributed by atoms with Crippen molar-refractivity contribution in [1.29, 1.82) is 0 Å². The van der Waals surface area contributed by atoms with Gasteiger partial charge >= 0.3 is 0 Å². The molecule has 4 aromatic carbocycles. The van der Waals surface area contributed by atoms with Crippen LogP contribution in [-0.2, 0) is 0 Å². The van der Waals surface area contributed by atoms with E-state index in [1.54, 1.807) is 0 Å². The summed E-state index contributed by atoms with van der Waals surface area (Å²) >= 11 is 0. The normalized spacial score (nSPS) is 10.9. The van der Waals surface area contributed by atoms with Crippen molar-refractivity contribution in [1.82, 2.24) is 0 Å². The number of ether oxygens (including phenoxy) is 2. The number of hydrogen-bond acceptors (Lipinski definition) is 4. The second-order valence-corrected chi connectivity index (χ2v) is 8.12. The quantitative estimate of drug-likeness (QED) is 0.134. The summed E-state index contributed by atoms with van der Waals surface area (Å²) in [6.45, 7) is 6.19. The van der Waals surface area contributed by atoms with E-state index in [-0.39, 0.29) is 22.5 Å². The van der Waals surface area contributed by atoms with Crippen molar-refractivity contribution >= 4 is 23.5 Å². The van der Waals surface area contributed by atoms with Crippen LogP contribution in [0, 0.1) is 46.5 Å². The Hall–Kier alpha value is -5.00. The molecule has 4 N–H and O–H groups in total. The van der Waals surface area contributed by atoms with E-state index in [4.69, 9.17) is 20.9 Å². The highest BCUT2D eigenvalue weighted by atomic mass is 19.2. The topological polar surface area (TPSA) is 70.5 Å². The molecular weight excluding hydrogens is 548 g/mol. The van der Waals surface area contributed by atoms with Crippen molar-refractivity contribution in [3.8, 4) is 34.1 Å². The molecule has 0 saturated carbocycles. The van der Waals surface area contributed by atoms with E-state index < -0.39 is 80.7 Å². The van der Waals surface area contributed by atoms with Crippen molar-refractivity contribution in [3.63, 3.8) is 0 Å². The first-order valence-electron chi connectivity index (χ1n) is 11.0. The average molecular weight is 564 g/mol. The van der Waals surface area contributed by atoms with Crippen molar-refractivity contribution in [2.45, 2.75) is 0 Å². The Balaban J connectivity index is 1.76.